The average Bonchev–Trinajstić information content (AvgIpc) is 2.53. The van der Waals surface area contributed by atoms with Gasteiger partial charge in [-0.15, -0.1) is 0 Å². The van der Waals surface area contributed by atoms with Crippen LogP contribution >= 0.6 is 0 Å². The van der Waals surface area contributed by atoms with Crippen LogP contribution in [0, 0.1) is 0 Å². The second kappa shape index (κ2) is 7.31. The third kappa shape index (κ3) is 4.37. The van der Waals surface area contributed by atoms with Gasteiger partial charge in [0.05, 0.1) is 0 Å². The minimum Gasteiger partial charge on any atom is -0.350 e. The lowest BCUT2D eigenvalue weighted by molar-refractivity contribution is 0.0943. The Morgan fingerprint density at radius 2 is 1.82 bits per heavy atom. The maximum atomic E-state index is 12.1. The molecule has 0 aliphatic rings. The molecule has 0 atom stereocenters. The van der Waals surface area contributed by atoms with Crippen molar-refractivity contribution in [3.05, 3.63) is 59.7 Å². The van der Waals surface area contributed by atoms with Gasteiger partial charge in [0, 0.05) is 36.7 Å². The lowest BCUT2D eigenvalue weighted by Gasteiger charge is -2.09. The summed E-state index contributed by atoms with van der Waals surface area (Å²) in [5.74, 6) is -0.545. The van der Waals surface area contributed by atoms with Crippen molar-refractivity contribution in [2.75, 3.05) is 0 Å². The average molecular weight is 298 g/mol. The summed E-state index contributed by atoms with van der Waals surface area (Å²) in [5, 5.41) is 5.54. The minimum absolute atomic E-state index is 0.0321. The third-order valence-electron chi connectivity index (χ3n) is 2.88. The number of amides is 2. The highest BCUT2D eigenvalue weighted by Crippen LogP contribution is 2.03. The standard InChI is InChI=1S/C16H18N4O2/c1-11(2)20-15(21)13-5-8-18-14(9-13)16(22)19-10-12-3-6-17-7-4-12/h3-9,11H,10H2,1-2H3,(H,19,22)(H,20,21). The number of hydrogen-bond donors (Lipinski definition) is 2. The van der Waals surface area contributed by atoms with Crippen LogP contribution in [-0.4, -0.2) is 27.8 Å². The van der Waals surface area contributed by atoms with E-state index >= 15 is 0 Å². The topological polar surface area (TPSA) is 84.0 Å². The second-order valence-electron chi connectivity index (χ2n) is 5.10. The Kier molecular flexibility index (Phi) is 5.19. The predicted octanol–water partition coefficient (Wildman–Crippen LogP) is 1.54. The molecule has 0 fully saturated rings. The molecule has 0 aliphatic carbocycles. The first-order valence-corrected chi connectivity index (χ1v) is 7.00. The molecule has 2 N–H and O–H groups in total. The van der Waals surface area contributed by atoms with E-state index in [1.807, 2.05) is 26.0 Å². The third-order valence-corrected chi connectivity index (χ3v) is 2.88. The van der Waals surface area contributed by atoms with Gasteiger partial charge in [-0.25, -0.2) is 0 Å². The number of nitrogens with zero attached hydrogens (tertiary/aromatic N) is 2. The maximum Gasteiger partial charge on any atom is 0.270 e. The smallest absolute Gasteiger partial charge is 0.270 e. The van der Waals surface area contributed by atoms with E-state index in [1.165, 1.54) is 12.3 Å². The summed E-state index contributed by atoms with van der Waals surface area (Å²) < 4.78 is 0. The molecule has 0 radical (unpaired) electrons. The van der Waals surface area contributed by atoms with Gasteiger partial charge in [-0.1, -0.05) is 0 Å². The number of carbonyl (C=O) groups excluding carboxylic acids is 2. The fourth-order valence-corrected chi connectivity index (χ4v) is 1.82. The molecular weight excluding hydrogens is 280 g/mol. The molecule has 2 aromatic heterocycles. The molecule has 22 heavy (non-hydrogen) atoms. The first-order valence-electron chi connectivity index (χ1n) is 7.00. The van der Waals surface area contributed by atoms with Gasteiger partial charge in [0.25, 0.3) is 11.8 Å². The van der Waals surface area contributed by atoms with Crippen molar-refractivity contribution >= 4 is 11.8 Å². The highest BCUT2D eigenvalue weighted by molar-refractivity contribution is 5.98. The van der Waals surface area contributed by atoms with Crippen molar-refractivity contribution in [3.8, 4) is 0 Å². The zero-order valence-corrected chi connectivity index (χ0v) is 12.5. The van der Waals surface area contributed by atoms with E-state index in [0.717, 1.165) is 5.56 Å². The van der Waals surface area contributed by atoms with Gasteiger partial charge in [0.1, 0.15) is 5.69 Å². The second-order valence-corrected chi connectivity index (χ2v) is 5.10. The lowest BCUT2D eigenvalue weighted by Crippen LogP contribution is -2.30. The van der Waals surface area contributed by atoms with Crippen LogP contribution in [0.4, 0.5) is 0 Å². The van der Waals surface area contributed by atoms with Crippen LogP contribution in [-0.2, 0) is 6.54 Å². The number of hydrogen-bond acceptors (Lipinski definition) is 4. The molecule has 2 rings (SSSR count). The van der Waals surface area contributed by atoms with Gasteiger partial charge in [-0.05, 0) is 43.7 Å². The van der Waals surface area contributed by atoms with E-state index in [2.05, 4.69) is 20.6 Å². The SMILES string of the molecule is CC(C)NC(=O)c1ccnc(C(=O)NCc2ccncc2)c1. The Bertz CT molecular complexity index is 656. The fourth-order valence-electron chi connectivity index (χ4n) is 1.82. The normalized spacial score (nSPS) is 10.3. The number of pyridine rings is 2. The van der Waals surface area contributed by atoms with Gasteiger partial charge in [-0.3, -0.25) is 19.6 Å². The molecule has 0 unspecified atom stereocenters. The Morgan fingerprint density at radius 1 is 1.09 bits per heavy atom. The van der Waals surface area contributed by atoms with Crippen molar-refractivity contribution in [2.45, 2.75) is 26.4 Å². The van der Waals surface area contributed by atoms with E-state index in [9.17, 15) is 9.59 Å². The molecule has 0 aromatic carbocycles. The molecule has 2 heterocycles. The van der Waals surface area contributed by atoms with Crippen LogP contribution in [0.25, 0.3) is 0 Å². The van der Waals surface area contributed by atoms with Gasteiger partial charge in [-0.2, -0.15) is 0 Å². The molecule has 6 heteroatoms. The van der Waals surface area contributed by atoms with Crippen molar-refractivity contribution in [1.82, 2.24) is 20.6 Å². The van der Waals surface area contributed by atoms with Crippen molar-refractivity contribution in [2.24, 2.45) is 0 Å². The van der Waals surface area contributed by atoms with Crippen LogP contribution in [0.5, 0.6) is 0 Å². The summed E-state index contributed by atoms with van der Waals surface area (Å²) in [6, 6.07) is 6.74. The first-order chi connectivity index (χ1) is 10.6. The van der Waals surface area contributed by atoms with Gasteiger partial charge < -0.3 is 10.6 Å². The molecule has 2 amide bonds. The Hall–Kier alpha value is -2.76. The molecule has 0 saturated heterocycles. The molecule has 114 valence electrons. The molecule has 0 spiro atoms. The molecule has 2 aromatic rings. The van der Waals surface area contributed by atoms with Crippen LogP contribution in [0.2, 0.25) is 0 Å². The van der Waals surface area contributed by atoms with E-state index in [4.69, 9.17) is 0 Å². The molecule has 0 aliphatic heterocycles. The van der Waals surface area contributed by atoms with Crippen LogP contribution in [0.3, 0.4) is 0 Å². The van der Waals surface area contributed by atoms with E-state index in [0.29, 0.717) is 12.1 Å². The van der Waals surface area contributed by atoms with Crippen molar-refractivity contribution in [1.29, 1.82) is 0 Å². The summed E-state index contributed by atoms with van der Waals surface area (Å²) >= 11 is 0. The first kappa shape index (κ1) is 15.6. The lowest BCUT2D eigenvalue weighted by atomic mass is 10.2. The monoisotopic (exact) mass is 298 g/mol. The zero-order chi connectivity index (χ0) is 15.9. The summed E-state index contributed by atoms with van der Waals surface area (Å²) in [6.45, 7) is 4.13. The van der Waals surface area contributed by atoms with E-state index in [1.54, 1.807) is 18.5 Å². The van der Waals surface area contributed by atoms with E-state index < -0.39 is 0 Å². The summed E-state index contributed by atoms with van der Waals surface area (Å²) in [5.41, 5.74) is 1.57. The van der Waals surface area contributed by atoms with Crippen molar-refractivity contribution < 1.29 is 9.59 Å². The quantitative estimate of drug-likeness (QED) is 0.877. The number of rotatable bonds is 5. The zero-order valence-electron chi connectivity index (χ0n) is 12.5. The number of nitrogens with one attached hydrogen (secondary N) is 2. The van der Waals surface area contributed by atoms with Gasteiger partial charge >= 0.3 is 0 Å². The van der Waals surface area contributed by atoms with Crippen LogP contribution in [0.15, 0.2) is 42.9 Å². The Labute approximate surface area is 129 Å². The molecule has 0 bridgehead atoms. The highest BCUT2D eigenvalue weighted by atomic mass is 16.2. The highest BCUT2D eigenvalue weighted by Gasteiger charge is 2.12. The van der Waals surface area contributed by atoms with E-state index in [-0.39, 0.29) is 23.6 Å². The Balaban J connectivity index is 2.02. The number of aromatic nitrogens is 2. The van der Waals surface area contributed by atoms with Gasteiger partial charge in [0.15, 0.2) is 0 Å². The molecule has 6 nitrogen and oxygen atoms in total. The summed E-state index contributed by atoms with van der Waals surface area (Å²) in [4.78, 5) is 32.0. The largest absolute Gasteiger partial charge is 0.350 e. The summed E-state index contributed by atoms with van der Waals surface area (Å²) in [7, 11) is 0. The van der Waals surface area contributed by atoms with Gasteiger partial charge in [0.2, 0.25) is 0 Å². The molecule has 0 saturated carbocycles. The predicted molar refractivity (Wildman–Crippen MR) is 82.2 cm³/mol. The maximum absolute atomic E-state index is 12.1. The number of carbonyl (C=O) groups is 2. The minimum atomic E-state index is -0.323. The van der Waals surface area contributed by atoms with Crippen LogP contribution < -0.4 is 10.6 Å². The fraction of sp³-hybridized carbons (Fsp3) is 0.250. The van der Waals surface area contributed by atoms with Crippen LogP contribution in [0.1, 0.15) is 40.3 Å². The Morgan fingerprint density at radius 3 is 2.50 bits per heavy atom. The van der Waals surface area contributed by atoms with Crippen molar-refractivity contribution in [3.63, 3.8) is 0 Å². The summed E-state index contributed by atoms with van der Waals surface area (Å²) in [6.07, 6.45) is 4.78. The molecular formula is C16H18N4O2.